The van der Waals surface area contributed by atoms with E-state index in [1.807, 2.05) is 61.5 Å². The van der Waals surface area contributed by atoms with E-state index in [1.165, 1.54) is 7.11 Å². The van der Waals surface area contributed by atoms with Crippen molar-refractivity contribution in [2.75, 3.05) is 19.1 Å². The number of anilines is 2. The number of benzene rings is 2. The van der Waals surface area contributed by atoms with Crippen molar-refractivity contribution in [2.45, 2.75) is 19.4 Å². The van der Waals surface area contributed by atoms with Crippen LogP contribution in [0.2, 0.25) is 0 Å². The number of hydrogen-bond acceptors (Lipinski definition) is 4. The molecular formula is C18H21NO3. The summed E-state index contributed by atoms with van der Waals surface area (Å²) in [6.07, 6.45) is 0.317. The molecule has 0 aliphatic heterocycles. The molecule has 0 bridgehead atoms. The van der Waals surface area contributed by atoms with Gasteiger partial charge in [-0.15, -0.1) is 0 Å². The van der Waals surface area contributed by atoms with E-state index in [2.05, 4.69) is 4.90 Å². The first-order valence-electron chi connectivity index (χ1n) is 7.21. The number of hydrogen-bond donors (Lipinski definition) is 0. The summed E-state index contributed by atoms with van der Waals surface area (Å²) in [6.45, 7) is 2.01. The van der Waals surface area contributed by atoms with Crippen molar-refractivity contribution in [3.63, 3.8) is 0 Å². The lowest BCUT2D eigenvalue weighted by Gasteiger charge is -2.31. The van der Waals surface area contributed by atoms with E-state index in [0.717, 1.165) is 17.1 Å². The molecule has 2 aromatic carbocycles. The van der Waals surface area contributed by atoms with Gasteiger partial charge < -0.3 is 14.4 Å². The molecule has 4 nitrogen and oxygen atoms in total. The van der Waals surface area contributed by atoms with Gasteiger partial charge in [-0.2, -0.15) is 0 Å². The molecule has 22 heavy (non-hydrogen) atoms. The zero-order valence-electron chi connectivity index (χ0n) is 13.2. The fraction of sp³-hybridized carbons (Fsp3) is 0.278. The molecule has 0 spiro atoms. The fourth-order valence-electron chi connectivity index (χ4n) is 2.41. The molecule has 0 aliphatic rings. The highest BCUT2D eigenvalue weighted by Gasteiger charge is 2.20. The third kappa shape index (κ3) is 3.79. The molecule has 0 N–H and O–H groups in total. The molecule has 0 saturated heterocycles. The van der Waals surface area contributed by atoms with Gasteiger partial charge in [0.2, 0.25) is 0 Å². The number of para-hydroxylation sites is 1. The molecule has 0 unspecified atom stereocenters. The van der Waals surface area contributed by atoms with Crippen LogP contribution in [0.1, 0.15) is 13.3 Å². The summed E-state index contributed by atoms with van der Waals surface area (Å²) in [4.78, 5) is 13.7. The second kappa shape index (κ2) is 7.50. The van der Waals surface area contributed by atoms with Crippen LogP contribution in [-0.2, 0) is 9.53 Å². The number of carbonyl (C=O) groups is 1. The Labute approximate surface area is 131 Å². The van der Waals surface area contributed by atoms with Gasteiger partial charge in [0.25, 0.3) is 0 Å². The molecule has 116 valence electrons. The van der Waals surface area contributed by atoms with Crippen molar-refractivity contribution in [1.29, 1.82) is 0 Å². The van der Waals surface area contributed by atoms with Crippen molar-refractivity contribution in [2.24, 2.45) is 0 Å². The summed E-state index contributed by atoms with van der Waals surface area (Å²) in [5, 5.41) is 0. The van der Waals surface area contributed by atoms with Crippen LogP contribution in [0.4, 0.5) is 11.4 Å². The molecule has 0 radical (unpaired) electrons. The Morgan fingerprint density at radius 3 is 2.14 bits per heavy atom. The van der Waals surface area contributed by atoms with E-state index in [9.17, 15) is 4.79 Å². The minimum atomic E-state index is -0.220. The molecule has 0 fully saturated rings. The highest BCUT2D eigenvalue weighted by molar-refractivity contribution is 5.73. The summed E-state index contributed by atoms with van der Waals surface area (Å²) in [5.74, 6) is 0.583. The second-order valence-corrected chi connectivity index (χ2v) is 5.03. The van der Waals surface area contributed by atoms with E-state index in [4.69, 9.17) is 9.47 Å². The smallest absolute Gasteiger partial charge is 0.307 e. The maximum Gasteiger partial charge on any atom is 0.307 e. The molecule has 0 aliphatic carbocycles. The van der Waals surface area contributed by atoms with E-state index >= 15 is 0 Å². The number of carbonyl (C=O) groups excluding carboxylic acids is 1. The first-order valence-corrected chi connectivity index (χ1v) is 7.21. The highest BCUT2D eigenvalue weighted by atomic mass is 16.5. The Morgan fingerprint density at radius 1 is 1.00 bits per heavy atom. The molecule has 4 heteroatoms. The van der Waals surface area contributed by atoms with Crippen LogP contribution >= 0.6 is 0 Å². The molecule has 0 amide bonds. The van der Waals surface area contributed by atoms with Crippen LogP contribution in [0.15, 0.2) is 54.6 Å². The van der Waals surface area contributed by atoms with E-state index in [-0.39, 0.29) is 12.0 Å². The molecule has 0 saturated carbocycles. The van der Waals surface area contributed by atoms with Gasteiger partial charge >= 0.3 is 5.97 Å². The van der Waals surface area contributed by atoms with Gasteiger partial charge in [-0.3, -0.25) is 4.79 Å². The van der Waals surface area contributed by atoms with E-state index < -0.39 is 0 Å². The van der Waals surface area contributed by atoms with Crippen LogP contribution in [0.25, 0.3) is 0 Å². The molecular weight excluding hydrogens is 278 g/mol. The summed E-state index contributed by atoms with van der Waals surface area (Å²) in [6, 6.07) is 17.8. The summed E-state index contributed by atoms with van der Waals surface area (Å²) < 4.78 is 10.00. The largest absolute Gasteiger partial charge is 0.497 e. The van der Waals surface area contributed by atoms with Gasteiger partial charge in [0, 0.05) is 17.4 Å². The summed E-state index contributed by atoms with van der Waals surface area (Å²) in [5.41, 5.74) is 2.03. The van der Waals surface area contributed by atoms with Gasteiger partial charge in [-0.25, -0.2) is 0 Å². The predicted molar refractivity (Wildman–Crippen MR) is 87.7 cm³/mol. The van der Waals surface area contributed by atoms with Crippen LogP contribution < -0.4 is 9.64 Å². The SMILES string of the molecule is COC(=O)C[C@H](C)N(c1ccccc1)c1ccc(OC)cc1. The topological polar surface area (TPSA) is 38.8 Å². The molecule has 1 atom stereocenters. The standard InChI is InChI=1S/C18H21NO3/c1-14(13-18(20)22-3)19(15-7-5-4-6-8-15)16-9-11-17(21-2)12-10-16/h4-12,14H,13H2,1-3H3/t14-/m0/s1. The molecule has 2 rings (SSSR count). The predicted octanol–water partition coefficient (Wildman–Crippen LogP) is 3.78. The van der Waals surface area contributed by atoms with Crippen molar-refractivity contribution >= 4 is 17.3 Å². The normalized spacial score (nSPS) is 11.6. The van der Waals surface area contributed by atoms with E-state index in [0.29, 0.717) is 6.42 Å². The van der Waals surface area contributed by atoms with Gasteiger partial charge in [0.1, 0.15) is 5.75 Å². The maximum atomic E-state index is 11.6. The monoisotopic (exact) mass is 299 g/mol. The third-order valence-corrected chi connectivity index (χ3v) is 3.52. The lowest BCUT2D eigenvalue weighted by Crippen LogP contribution is -2.30. The summed E-state index contributed by atoms with van der Waals surface area (Å²) >= 11 is 0. The number of rotatable bonds is 6. The minimum Gasteiger partial charge on any atom is -0.497 e. The van der Waals surface area contributed by atoms with E-state index in [1.54, 1.807) is 7.11 Å². The number of esters is 1. The highest BCUT2D eigenvalue weighted by Crippen LogP contribution is 2.30. The Hall–Kier alpha value is -2.49. The first kappa shape index (κ1) is 15.9. The van der Waals surface area contributed by atoms with Crippen molar-refractivity contribution in [3.05, 3.63) is 54.6 Å². The second-order valence-electron chi connectivity index (χ2n) is 5.03. The van der Waals surface area contributed by atoms with Gasteiger partial charge in [-0.1, -0.05) is 18.2 Å². The van der Waals surface area contributed by atoms with Gasteiger partial charge in [0.15, 0.2) is 0 Å². The number of ether oxygens (including phenoxy) is 2. The molecule has 0 aromatic heterocycles. The number of nitrogens with zero attached hydrogens (tertiary/aromatic N) is 1. The zero-order valence-corrected chi connectivity index (χ0v) is 13.2. The first-order chi connectivity index (χ1) is 10.7. The van der Waals surface area contributed by atoms with Crippen molar-refractivity contribution in [3.8, 4) is 5.75 Å². The quantitative estimate of drug-likeness (QED) is 0.761. The lowest BCUT2D eigenvalue weighted by molar-refractivity contribution is -0.140. The minimum absolute atomic E-state index is 0.0248. The summed E-state index contributed by atoms with van der Waals surface area (Å²) in [7, 11) is 3.05. The van der Waals surface area contributed by atoms with Crippen LogP contribution in [0, 0.1) is 0 Å². The molecule has 2 aromatic rings. The molecule has 0 heterocycles. The van der Waals surface area contributed by atoms with Crippen LogP contribution in [0.5, 0.6) is 5.75 Å². The zero-order chi connectivity index (χ0) is 15.9. The maximum absolute atomic E-state index is 11.6. The van der Waals surface area contributed by atoms with Gasteiger partial charge in [0.05, 0.1) is 20.6 Å². The van der Waals surface area contributed by atoms with Crippen LogP contribution in [-0.4, -0.2) is 26.2 Å². The Balaban J connectivity index is 2.34. The fourth-order valence-corrected chi connectivity index (χ4v) is 2.41. The number of methoxy groups -OCH3 is 2. The Kier molecular flexibility index (Phi) is 5.42. The van der Waals surface area contributed by atoms with Crippen LogP contribution in [0.3, 0.4) is 0 Å². The average molecular weight is 299 g/mol. The average Bonchev–Trinajstić information content (AvgIpc) is 2.56. The Bertz CT molecular complexity index is 595. The van der Waals surface area contributed by atoms with Gasteiger partial charge in [-0.05, 0) is 43.3 Å². The lowest BCUT2D eigenvalue weighted by atomic mass is 10.1. The third-order valence-electron chi connectivity index (χ3n) is 3.52. The van der Waals surface area contributed by atoms with Crippen molar-refractivity contribution < 1.29 is 14.3 Å². The van der Waals surface area contributed by atoms with Crippen molar-refractivity contribution in [1.82, 2.24) is 0 Å². The Morgan fingerprint density at radius 2 is 1.59 bits per heavy atom.